The number of para-hydroxylation sites is 1. The third-order valence-corrected chi connectivity index (χ3v) is 8.91. The topological polar surface area (TPSA) is 58.4 Å². The van der Waals surface area contributed by atoms with Crippen LogP contribution in [0.5, 0.6) is 0 Å². The maximum absolute atomic E-state index is 14.2. The molecule has 2 aromatic heterocycles. The smallest absolute Gasteiger partial charge is 0.270 e. The van der Waals surface area contributed by atoms with Crippen LogP contribution in [0.3, 0.4) is 0 Å². The molecular weight excluding hydrogens is 580 g/mol. The number of amides is 2. The number of pyridine rings is 1. The summed E-state index contributed by atoms with van der Waals surface area (Å²) in [6, 6.07) is 35.7. The molecule has 0 fully saturated rings. The molecule has 0 saturated carbocycles. The number of carbonyl (C=O) groups excluding carboxylic acids is 2. The maximum atomic E-state index is 14.2. The second-order valence-corrected chi connectivity index (χ2v) is 11.8. The molecule has 0 atom stereocenters. The van der Waals surface area contributed by atoms with Crippen molar-refractivity contribution < 1.29 is 9.59 Å². The molecule has 0 spiro atoms. The molecular formula is C38H31ClN4O2. The molecule has 0 unspecified atom stereocenters. The predicted octanol–water partition coefficient (Wildman–Crippen LogP) is 7.88. The Kier molecular flexibility index (Phi) is 7.66. The van der Waals surface area contributed by atoms with Crippen molar-refractivity contribution in [2.75, 3.05) is 18.5 Å². The minimum absolute atomic E-state index is 0.0559. The van der Waals surface area contributed by atoms with E-state index in [2.05, 4.69) is 29.2 Å². The second kappa shape index (κ2) is 12.1. The van der Waals surface area contributed by atoms with Crippen LogP contribution in [0, 0.1) is 0 Å². The van der Waals surface area contributed by atoms with Gasteiger partial charge in [-0.25, -0.2) is 0 Å². The third-order valence-electron chi connectivity index (χ3n) is 8.60. The summed E-state index contributed by atoms with van der Waals surface area (Å²) in [4.78, 5) is 35.5. The number of carbonyl (C=O) groups is 2. The standard InChI is InChI=1S/C38H31ClN4O2/c1-41(22-19-26-17-20-40-21-18-26)38(45)36-16-14-30-25-43(35-12-5-3-8-29(35)24-42(30)36)37(44)33-15-13-28(23-34(33)39)32-11-6-9-27-7-2-4-10-31(27)32/h2-18,20-21,23H,19,22,24-25H2,1H3. The predicted molar refractivity (Wildman–Crippen MR) is 180 cm³/mol. The lowest BCUT2D eigenvalue weighted by atomic mass is 9.97. The lowest BCUT2D eigenvalue weighted by Crippen LogP contribution is -2.31. The SMILES string of the molecule is CN(CCc1ccncc1)C(=O)c1ccc2n1Cc1ccccc1N(C(=O)c1ccc(-c3cccc4ccccc34)cc1Cl)C2. The van der Waals surface area contributed by atoms with Gasteiger partial charge in [0.1, 0.15) is 5.69 Å². The van der Waals surface area contributed by atoms with Crippen LogP contribution in [0.25, 0.3) is 21.9 Å². The molecule has 2 amide bonds. The van der Waals surface area contributed by atoms with Crippen molar-refractivity contribution in [3.05, 3.63) is 155 Å². The molecule has 0 bridgehead atoms. The summed E-state index contributed by atoms with van der Waals surface area (Å²) >= 11 is 6.86. The Bertz CT molecular complexity index is 2050. The number of benzene rings is 4. The molecule has 1 aliphatic rings. The van der Waals surface area contributed by atoms with E-state index >= 15 is 0 Å². The molecule has 7 heteroatoms. The number of rotatable bonds is 6. The second-order valence-electron chi connectivity index (χ2n) is 11.4. The molecule has 0 N–H and O–H groups in total. The van der Waals surface area contributed by atoms with E-state index in [1.165, 1.54) is 0 Å². The molecule has 0 radical (unpaired) electrons. The van der Waals surface area contributed by atoms with Crippen molar-refractivity contribution in [3.63, 3.8) is 0 Å². The van der Waals surface area contributed by atoms with Crippen molar-refractivity contribution >= 4 is 39.9 Å². The van der Waals surface area contributed by atoms with Gasteiger partial charge in [0.2, 0.25) is 0 Å². The minimum atomic E-state index is -0.186. The molecule has 3 heterocycles. The zero-order chi connectivity index (χ0) is 30.9. The highest BCUT2D eigenvalue weighted by Gasteiger charge is 2.29. The molecule has 7 rings (SSSR count). The monoisotopic (exact) mass is 610 g/mol. The summed E-state index contributed by atoms with van der Waals surface area (Å²) in [7, 11) is 1.83. The van der Waals surface area contributed by atoms with Crippen LogP contribution in [0.2, 0.25) is 5.02 Å². The van der Waals surface area contributed by atoms with Crippen molar-refractivity contribution in [2.45, 2.75) is 19.5 Å². The fourth-order valence-corrected chi connectivity index (χ4v) is 6.41. The van der Waals surface area contributed by atoms with Gasteiger partial charge in [-0.3, -0.25) is 14.6 Å². The van der Waals surface area contributed by atoms with E-state index in [9.17, 15) is 9.59 Å². The molecule has 1 aliphatic heterocycles. The van der Waals surface area contributed by atoms with Gasteiger partial charge in [0.05, 0.1) is 23.7 Å². The molecule has 0 saturated heterocycles. The van der Waals surface area contributed by atoms with Gasteiger partial charge in [0.25, 0.3) is 11.8 Å². The number of anilines is 1. The Morgan fingerprint density at radius 3 is 2.47 bits per heavy atom. The van der Waals surface area contributed by atoms with Gasteiger partial charge in [0, 0.05) is 37.4 Å². The zero-order valence-corrected chi connectivity index (χ0v) is 25.6. The average Bonchev–Trinajstić information content (AvgIpc) is 3.39. The largest absolute Gasteiger partial charge is 0.340 e. The van der Waals surface area contributed by atoms with E-state index in [-0.39, 0.29) is 11.8 Å². The van der Waals surface area contributed by atoms with Crippen LogP contribution < -0.4 is 4.90 Å². The first-order chi connectivity index (χ1) is 22.0. The van der Waals surface area contributed by atoms with Gasteiger partial charge in [0.15, 0.2) is 0 Å². The summed E-state index contributed by atoms with van der Waals surface area (Å²) in [5.41, 5.74) is 6.83. The number of hydrogen-bond acceptors (Lipinski definition) is 3. The van der Waals surface area contributed by atoms with Crippen molar-refractivity contribution in [2.24, 2.45) is 0 Å². The van der Waals surface area contributed by atoms with Crippen molar-refractivity contribution in [1.82, 2.24) is 14.5 Å². The number of hydrogen-bond donors (Lipinski definition) is 0. The quantitative estimate of drug-likeness (QED) is 0.193. The molecule has 0 aliphatic carbocycles. The van der Waals surface area contributed by atoms with E-state index in [0.717, 1.165) is 50.8 Å². The van der Waals surface area contributed by atoms with Crippen LogP contribution >= 0.6 is 11.6 Å². The molecule has 45 heavy (non-hydrogen) atoms. The number of likely N-dealkylation sites (N-methyl/N-ethyl adjacent to an activating group) is 1. The number of fused-ring (bicyclic) bond motifs is 3. The van der Waals surface area contributed by atoms with Crippen LogP contribution in [-0.4, -0.2) is 39.9 Å². The van der Waals surface area contributed by atoms with Crippen LogP contribution in [0.4, 0.5) is 5.69 Å². The number of nitrogens with zero attached hydrogens (tertiary/aromatic N) is 4. The van der Waals surface area contributed by atoms with Gasteiger partial charge in [-0.2, -0.15) is 0 Å². The van der Waals surface area contributed by atoms with Crippen LogP contribution in [-0.2, 0) is 19.5 Å². The lowest BCUT2D eigenvalue weighted by molar-refractivity contribution is 0.0786. The summed E-state index contributed by atoms with van der Waals surface area (Å²) in [6.45, 7) is 1.37. The number of aromatic nitrogens is 2. The summed E-state index contributed by atoms with van der Waals surface area (Å²) in [5, 5.41) is 2.67. The van der Waals surface area contributed by atoms with Crippen molar-refractivity contribution in [3.8, 4) is 11.1 Å². The van der Waals surface area contributed by atoms with Gasteiger partial charge in [-0.05, 0) is 81.9 Å². The molecule has 6 nitrogen and oxygen atoms in total. The first-order valence-electron chi connectivity index (χ1n) is 15.0. The average molecular weight is 611 g/mol. The highest BCUT2D eigenvalue weighted by Crippen LogP contribution is 2.35. The Morgan fingerprint density at radius 2 is 1.62 bits per heavy atom. The Labute approximate surface area is 267 Å². The van der Waals surface area contributed by atoms with E-state index in [1.54, 1.807) is 22.2 Å². The zero-order valence-electron chi connectivity index (χ0n) is 24.9. The molecule has 6 aromatic rings. The molecule has 222 valence electrons. The fourth-order valence-electron chi connectivity index (χ4n) is 6.15. The van der Waals surface area contributed by atoms with Gasteiger partial charge < -0.3 is 14.4 Å². The maximum Gasteiger partial charge on any atom is 0.270 e. The van der Waals surface area contributed by atoms with E-state index in [4.69, 9.17) is 11.6 Å². The normalized spacial score (nSPS) is 12.4. The highest BCUT2D eigenvalue weighted by molar-refractivity contribution is 6.35. The lowest BCUT2D eigenvalue weighted by Gasteiger charge is -2.23. The minimum Gasteiger partial charge on any atom is -0.340 e. The van der Waals surface area contributed by atoms with Crippen molar-refractivity contribution in [1.29, 1.82) is 0 Å². The van der Waals surface area contributed by atoms with Gasteiger partial charge in [-0.1, -0.05) is 78.3 Å². The fraction of sp³-hybridized carbons (Fsp3) is 0.132. The Balaban J connectivity index is 1.18. The van der Waals surface area contributed by atoms with Crippen LogP contribution in [0.1, 0.15) is 37.7 Å². The van der Waals surface area contributed by atoms with Crippen LogP contribution in [0.15, 0.2) is 122 Å². The van der Waals surface area contributed by atoms with Gasteiger partial charge >= 0.3 is 0 Å². The number of halogens is 1. The first-order valence-corrected chi connectivity index (χ1v) is 15.4. The Morgan fingerprint density at radius 1 is 0.844 bits per heavy atom. The van der Waals surface area contributed by atoms with E-state index < -0.39 is 0 Å². The Hall–Kier alpha value is -5.20. The first kappa shape index (κ1) is 28.6. The van der Waals surface area contributed by atoms with E-state index in [1.807, 2.05) is 96.5 Å². The highest BCUT2D eigenvalue weighted by atomic mass is 35.5. The van der Waals surface area contributed by atoms with Gasteiger partial charge in [-0.15, -0.1) is 0 Å². The summed E-state index contributed by atoms with van der Waals surface area (Å²) < 4.78 is 2.03. The summed E-state index contributed by atoms with van der Waals surface area (Å²) in [5.74, 6) is -0.242. The molecule has 4 aromatic carbocycles. The summed E-state index contributed by atoms with van der Waals surface area (Å²) in [6.07, 6.45) is 4.27. The third kappa shape index (κ3) is 5.49. The van der Waals surface area contributed by atoms with E-state index in [0.29, 0.717) is 35.9 Å².